The van der Waals surface area contributed by atoms with Crippen molar-refractivity contribution in [3.63, 3.8) is 0 Å². The van der Waals surface area contributed by atoms with E-state index in [2.05, 4.69) is 10.0 Å². The third kappa shape index (κ3) is 7.34. The number of rotatable bonds is 10. The summed E-state index contributed by atoms with van der Waals surface area (Å²) >= 11 is 0. The highest BCUT2D eigenvalue weighted by molar-refractivity contribution is 7.92. The molecule has 1 aliphatic heterocycles. The summed E-state index contributed by atoms with van der Waals surface area (Å²) in [6.45, 7) is 3.87. The van der Waals surface area contributed by atoms with E-state index in [9.17, 15) is 18.0 Å². The van der Waals surface area contributed by atoms with Gasteiger partial charge in [0.05, 0.1) is 22.8 Å². The second kappa shape index (κ2) is 13.0. The number of aryl methyl sites for hydroxylation is 2. The summed E-state index contributed by atoms with van der Waals surface area (Å²) in [7, 11) is -3.82. The molecule has 0 saturated carbocycles. The van der Waals surface area contributed by atoms with Gasteiger partial charge in [-0.2, -0.15) is 0 Å². The van der Waals surface area contributed by atoms with Gasteiger partial charge in [-0.15, -0.1) is 0 Å². The maximum atomic E-state index is 13.3. The van der Waals surface area contributed by atoms with Gasteiger partial charge < -0.3 is 19.7 Å². The zero-order valence-electron chi connectivity index (χ0n) is 23.9. The Labute approximate surface area is 251 Å². The van der Waals surface area contributed by atoms with E-state index < -0.39 is 16.1 Å². The van der Waals surface area contributed by atoms with Gasteiger partial charge in [0.1, 0.15) is 11.5 Å². The lowest BCUT2D eigenvalue weighted by atomic mass is 10.1. The Bertz CT molecular complexity index is 1710. The van der Waals surface area contributed by atoms with Gasteiger partial charge in [0.25, 0.3) is 21.8 Å². The van der Waals surface area contributed by atoms with E-state index in [-0.39, 0.29) is 29.9 Å². The highest BCUT2D eigenvalue weighted by Gasteiger charge is 2.33. The molecule has 10 heteroatoms. The maximum Gasteiger partial charge on any atom is 0.265 e. The fourth-order valence-electron chi connectivity index (χ4n) is 4.68. The molecule has 9 nitrogen and oxygen atoms in total. The Balaban J connectivity index is 1.20. The van der Waals surface area contributed by atoms with Crippen molar-refractivity contribution in [2.75, 3.05) is 29.3 Å². The number of nitrogens with zero attached hydrogens (tertiary/aromatic N) is 1. The van der Waals surface area contributed by atoms with Crippen molar-refractivity contribution in [2.45, 2.75) is 31.3 Å². The van der Waals surface area contributed by atoms with Crippen LogP contribution in [0.15, 0.2) is 102 Å². The van der Waals surface area contributed by atoms with E-state index >= 15 is 0 Å². The molecule has 1 atom stereocenters. The second-order valence-electron chi connectivity index (χ2n) is 10.3. The molecule has 0 fully saturated rings. The van der Waals surface area contributed by atoms with Crippen molar-refractivity contribution in [2.24, 2.45) is 0 Å². The fraction of sp³-hybridized carbons (Fsp3) is 0.212. The number of amides is 2. The lowest BCUT2D eigenvalue weighted by Gasteiger charge is -2.34. The number of carbonyl (C=O) groups excluding carboxylic acids is 2. The molecule has 2 N–H and O–H groups in total. The molecule has 5 rings (SSSR count). The molecule has 1 heterocycles. The first-order valence-electron chi connectivity index (χ1n) is 13.9. The number of benzene rings is 4. The summed E-state index contributed by atoms with van der Waals surface area (Å²) in [6, 6.07) is 28.3. The Morgan fingerprint density at radius 2 is 1.65 bits per heavy atom. The lowest BCUT2D eigenvalue weighted by Crippen LogP contribution is -2.52. The lowest BCUT2D eigenvalue weighted by molar-refractivity contribution is -0.128. The molecule has 4 aromatic rings. The van der Waals surface area contributed by atoms with E-state index in [4.69, 9.17) is 9.47 Å². The summed E-state index contributed by atoms with van der Waals surface area (Å²) in [5.41, 5.74) is 3.91. The Kier molecular flexibility index (Phi) is 8.96. The highest BCUT2D eigenvalue weighted by Crippen LogP contribution is 2.33. The number of para-hydroxylation sites is 2. The van der Waals surface area contributed by atoms with Crippen LogP contribution in [0.3, 0.4) is 0 Å². The number of hydrogen-bond acceptors (Lipinski definition) is 6. The number of ether oxygens (including phenoxy) is 2. The molecule has 4 aromatic carbocycles. The molecular weight excluding hydrogens is 566 g/mol. The monoisotopic (exact) mass is 599 g/mol. The molecule has 1 unspecified atom stereocenters. The summed E-state index contributed by atoms with van der Waals surface area (Å²) in [6.07, 6.45) is -0.211. The van der Waals surface area contributed by atoms with Crippen LogP contribution >= 0.6 is 0 Å². The number of hydrogen-bond donors (Lipinski definition) is 2. The minimum absolute atomic E-state index is 0.0254. The van der Waals surface area contributed by atoms with Gasteiger partial charge in [-0.3, -0.25) is 14.3 Å². The third-order valence-corrected chi connectivity index (χ3v) is 8.44. The number of anilines is 2. The Morgan fingerprint density at radius 1 is 0.930 bits per heavy atom. The van der Waals surface area contributed by atoms with Crippen LogP contribution < -0.4 is 24.4 Å². The van der Waals surface area contributed by atoms with E-state index in [0.29, 0.717) is 35.8 Å². The molecule has 0 bridgehead atoms. The van der Waals surface area contributed by atoms with Crippen LogP contribution in [0, 0.1) is 13.8 Å². The minimum atomic E-state index is -3.82. The summed E-state index contributed by atoms with van der Waals surface area (Å²) in [5, 5.41) is 2.90. The zero-order chi connectivity index (χ0) is 30.4. The molecule has 43 heavy (non-hydrogen) atoms. The Hall–Kier alpha value is -4.83. The summed E-state index contributed by atoms with van der Waals surface area (Å²) in [4.78, 5) is 27.8. The molecule has 1 aliphatic rings. The molecule has 2 amide bonds. The van der Waals surface area contributed by atoms with Crippen LogP contribution in [0.1, 0.15) is 16.7 Å². The van der Waals surface area contributed by atoms with E-state index in [0.717, 1.165) is 16.7 Å². The number of nitrogens with one attached hydrogen (secondary N) is 2. The average Bonchev–Trinajstić information content (AvgIpc) is 3.01. The van der Waals surface area contributed by atoms with Crippen molar-refractivity contribution < 1.29 is 27.5 Å². The van der Waals surface area contributed by atoms with Crippen molar-refractivity contribution in [3.05, 3.63) is 114 Å². The van der Waals surface area contributed by atoms with Gasteiger partial charge in [0.2, 0.25) is 0 Å². The molecule has 0 radical (unpaired) electrons. The largest absolute Gasteiger partial charge is 0.484 e. The van der Waals surface area contributed by atoms with Gasteiger partial charge in [0.15, 0.2) is 12.7 Å². The van der Waals surface area contributed by atoms with Crippen LogP contribution in [-0.2, 0) is 26.0 Å². The second-order valence-corrected chi connectivity index (χ2v) is 12.0. The molecule has 0 saturated heterocycles. The molecular formula is C33H33N3O6S. The van der Waals surface area contributed by atoms with Gasteiger partial charge in [0, 0.05) is 6.54 Å². The van der Waals surface area contributed by atoms with Crippen LogP contribution in [-0.4, -0.2) is 46.0 Å². The van der Waals surface area contributed by atoms with E-state index in [1.807, 2.05) is 56.3 Å². The molecule has 0 spiro atoms. The third-order valence-electron chi connectivity index (χ3n) is 7.06. The number of sulfonamides is 1. The number of carbonyl (C=O) groups is 2. The van der Waals surface area contributed by atoms with E-state index in [1.54, 1.807) is 30.3 Å². The summed E-state index contributed by atoms with van der Waals surface area (Å²) in [5.74, 6) is 0.0774. The van der Waals surface area contributed by atoms with Gasteiger partial charge >= 0.3 is 0 Å². The number of fused-ring (bicyclic) bond motifs is 1. The normalized spacial score (nSPS) is 14.3. The van der Waals surface area contributed by atoms with Gasteiger partial charge in [-0.25, -0.2) is 8.42 Å². The molecule has 0 aliphatic carbocycles. The standard InChI is InChI=1S/C33H33N3O6S/c1-23-12-13-24(2)28(20-23)35-43(39,40)27-16-14-26(15-17-27)41-22-32(37)36-21-31(42-30-11-7-6-10-29(30)36)33(38)34-19-18-25-8-4-3-5-9-25/h3-17,20,31,35H,18-19,21-22H2,1-2H3,(H,34,38). The van der Waals surface area contributed by atoms with E-state index in [1.165, 1.54) is 29.2 Å². The predicted molar refractivity (Wildman–Crippen MR) is 165 cm³/mol. The van der Waals surface area contributed by atoms with Gasteiger partial charge in [-0.1, -0.05) is 54.6 Å². The maximum absolute atomic E-state index is 13.3. The first-order valence-corrected chi connectivity index (χ1v) is 15.4. The first kappa shape index (κ1) is 29.7. The zero-order valence-corrected chi connectivity index (χ0v) is 24.8. The molecule has 222 valence electrons. The first-order chi connectivity index (χ1) is 20.7. The Morgan fingerprint density at radius 3 is 2.42 bits per heavy atom. The SMILES string of the molecule is Cc1ccc(C)c(NS(=O)(=O)c2ccc(OCC(=O)N3CC(C(=O)NCCc4ccccc4)Oc4ccccc43)cc2)c1. The summed E-state index contributed by atoms with van der Waals surface area (Å²) < 4.78 is 40.1. The minimum Gasteiger partial charge on any atom is -0.484 e. The smallest absolute Gasteiger partial charge is 0.265 e. The van der Waals surface area contributed by atoms with Crippen LogP contribution in [0.5, 0.6) is 11.5 Å². The van der Waals surface area contributed by atoms with Crippen molar-refractivity contribution in [3.8, 4) is 11.5 Å². The quantitative estimate of drug-likeness (QED) is 0.275. The van der Waals surface area contributed by atoms with Crippen LogP contribution in [0.2, 0.25) is 0 Å². The fourth-order valence-corrected chi connectivity index (χ4v) is 5.80. The van der Waals surface area contributed by atoms with Gasteiger partial charge in [-0.05, 0) is 79.4 Å². The average molecular weight is 600 g/mol. The van der Waals surface area contributed by atoms with Crippen molar-refractivity contribution in [1.82, 2.24) is 5.32 Å². The molecule has 0 aromatic heterocycles. The topological polar surface area (TPSA) is 114 Å². The highest BCUT2D eigenvalue weighted by atomic mass is 32.2. The van der Waals surface area contributed by atoms with Crippen LogP contribution in [0.25, 0.3) is 0 Å². The van der Waals surface area contributed by atoms with Crippen molar-refractivity contribution in [1.29, 1.82) is 0 Å². The van der Waals surface area contributed by atoms with Crippen molar-refractivity contribution >= 4 is 33.2 Å². The van der Waals surface area contributed by atoms with Crippen LogP contribution in [0.4, 0.5) is 11.4 Å². The predicted octanol–water partition coefficient (Wildman–Crippen LogP) is 4.64.